The number of hydrogen-bond acceptors (Lipinski definition) is 6. The summed E-state index contributed by atoms with van der Waals surface area (Å²) >= 11 is 0. The van der Waals surface area contributed by atoms with Gasteiger partial charge in [-0.15, -0.1) is 0 Å². The fraction of sp³-hybridized carbons (Fsp3) is 0.450. The van der Waals surface area contributed by atoms with E-state index in [1.807, 2.05) is 39.4 Å². The Morgan fingerprint density at radius 1 is 1.07 bits per heavy atom. The molecule has 0 saturated carbocycles. The Bertz CT molecular complexity index is 934. The van der Waals surface area contributed by atoms with Gasteiger partial charge in [0, 0.05) is 38.7 Å². The van der Waals surface area contributed by atoms with Crippen molar-refractivity contribution in [2.45, 2.75) is 33.1 Å². The molecule has 1 fully saturated rings. The van der Waals surface area contributed by atoms with Crippen LogP contribution >= 0.6 is 0 Å². The van der Waals surface area contributed by atoms with Gasteiger partial charge in [-0.25, -0.2) is 15.0 Å². The Labute approximate surface area is 159 Å². The molecule has 1 atom stereocenters. The number of aromatic nitrogens is 6. The molecule has 140 valence electrons. The van der Waals surface area contributed by atoms with E-state index >= 15 is 0 Å². The molecule has 0 amide bonds. The quantitative estimate of drug-likeness (QED) is 0.710. The van der Waals surface area contributed by atoms with E-state index in [0.717, 1.165) is 60.5 Å². The summed E-state index contributed by atoms with van der Waals surface area (Å²) in [4.78, 5) is 24.9. The van der Waals surface area contributed by atoms with Crippen LogP contribution in [0.2, 0.25) is 0 Å². The first-order valence-electron chi connectivity index (χ1n) is 9.45. The van der Waals surface area contributed by atoms with Crippen molar-refractivity contribution in [2.75, 3.05) is 18.0 Å². The lowest BCUT2D eigenvalue weighted by Crippen LogP contribution is -2.37. The predicted octanol–water partition coefficient (Wildman–Crippen LogP) is 2.74. The second-order valence-corrected chi connectivity index (χ2v) is 7.22. The highest BCUT2D eigenvalue weighted by atomic mass is 15.2. The molecule has 27 heavy (non-hydrogen) atoms. The van der Waals surface area contributed by atoms with E-state index in [0.29, 0.717) is 5.92 Å². The van der Waals surface area contributed by atoms with Gasteiger partial charge in [0.25, 0.3) is 0 Å². The van der Waals surface area contributed by atoms with Crippen molar-refractivity contribution in [1.29, 1.82) is 0 Å². The van der Waals surface area contributed by atoms with Gasteiger partial charge in [-0.2, -0.15) is 0 Å². The molecule has 0 bridgehead atoms. The molecule has 0 radical (unpaired) electrons. The first-order chi connectivity index (χ1) is 13.1. The van der Waals surface area contributed by atoms with Crippen molar-refractivity contribution in [3.05, 3.63) is 48.2 Å². The third kappa shape index (κ3) is 3.67. The van der Waals surface area contributed by atoms with Crippen LogP contribution in [0.25, 0.3) is 11.4 Å². The highest BCUT2D eigenvalue weighted by Gasteiger charge is 2.24. The Morgan fingerprint density at radius 2 is 1.93 bits per heavy atom. The number of anilines is 1. The van der Waals surface area contributed by atoms with Crippen molar-refractivity contribution in [3.8, 4) is 11.4 Å². The summed E-state index contributed by atoms with van der Waals surface area (Å²) in [5, 5.41) is 0. The van der Waals surface area contributed by atoms with Crippen molar-refractivity contribution in [2.24, 2.45) is 13.0 Å². The van der Waals surface area contributed by atoms with E-state index in [2.05, 4.69) is 34.4 Å². The van der Waals surface area contributed by atoms with Gasteiger partial charge < -0.3 is 9.47 Å². The van der Waals surface area contributed by atoms with Crippen LogP contribution < -0.4 is 4.90 Å². The normalized spacial score (nSPS) is 17.3. The van der Waals surface area contributed by atoms with Gasteiger partial charge in [-0.1, -0.05) is 0 Å². The molecule has 1 aliphatic rings. The summed E-state index contributed by atoms with van der Waals surface area (Å²) < 4.78 is 2.07. The smallest absolute Gasteiger partial charge is 0.132 e. The zero-order valence-corrected chi connectivity index (χ0v) is 16.1. The molecule has 0 spiro atoms. The first-order valence-corrected chi connectivity index (χ1v) is 9.45. The molecule has 4 heterocycles. The monoisotopic (exact) mass is 363 g/mol. The number of imidazole rings is 1. The van der Waals surface area contributed by atoms with Crippen molar-refractivity contribution in [1.82, 2.24) is 29.5 Å². The molecule has 0 unspecified atom stereocenters. The van der Waals surface area contributed by atoms with Crippen LogP contribution in [0, 0.1) is 19.8 Å². The highest BCUT2D eigenvalue weighted by Crippen LogP contribution is 2.27. The average molecular weight is 363 g/mol. The molecule has 7 nitrogen and oxygen atoms in total. The second kappa shape index (κ2) is 7.42. The van der Waals surface area contributed by atoms with Crippen LogP contribution in [0.3, 0.4) is 0 Å². The predicted molar refractivity (Wildman–Crippen MR) is 104 cm³/mol. The van der Waals surface area contributed by atoms with Gasteiger partial charge in [0.2, 0.25) is 0 Å². The second-order valence-electron chi connectivity index (χ2n) is 7.22. The number of aryl methyl sites for hydroxylation is 2. The Hall–Kier alpha value is -2.83. The summed E-state index contributed by atoms with van der Waals surface area (Å²) in [6, 6.07) is 2.00. The maximum atomic E-state index is 4.66. The Morgan fingerprint density at radius 3 is 2.70 bits per heavy atom. The van der Waals surface area contributed by atoms with E-state index in [9.17, 15) is 0 Å². The molecule has 7 heteroatoms. The fourth-order valence-electron chi connectivity index (χ4n) is 3.79. The standard InChI is InChI=1S/C20H25N7/c1-14-21-7-6-19(25-14)27-10-4-5-16(13-27)11-17-20(23-9-8-22-17)18-12-24-15(2)26(18)3/h6-9,12,16H,4-5,10-11,13H2,1-3H3/t16-/m1/s1. The molecule has 3 aromatic heterocycles. The summed E-state index contributed by atoms with van der Waals surface area (Å²) in [6.45, 7) is 5.97. The molecule has 0 N–H and O–H groups in total. The van der Waals surface area contributed by atoms with Crippen LogP contribution in [0.4, 0.5) is 5.82 Å². The highest BCUT2D eigenvalue weighted by molar-refractivity contribution is 5.57. The number of piperidine rings is 1. The van der Waals surface area contributed by atoms with Gasteiger partial charge in [-0.05, 0) is 45.1 Å². The zero-order valence-electron chi connectivity index (χ0n) is 16.1. The number of rotatable bonds is 4. The summed E-state index contributed by atoms with van der Waals surface area (Å²) in [6.07, 6.45) is 10.5. The van der Waals surface area contributed by atoms with Crippen LogP contribution in [0.1, 0.15) is 30.2 Å². The van der Waals surface area contributed by atoms with Crippen molar-refractivity contribution >= 4 is 5.82 Å². The lowest BCUT2D eigenvalue weighted by atomic mass is 9.92. The molecule has 0 aromatic carbocycles. The molecule has 4 rings (SSSR count). The van der Waals surface area contributed by atoms with Crippen LogP contribution in [-0.2, 0) is 13.5 Å². The van der Waals surface area contributed by atoms with E-state index in [1.165, 1.54) is 6.42 Å². The van der Waals surface area contributed by atoms with E-state index in [1.54, 1.807) is 12.4 Å². The SMILES string of the molecule is Cc1nccc(N2CCC[C@H](Cc3nccnc3-c3cnc(C)n3C)C2)n1. The lowest BCUT2D eigenvalue weighted by Gasteiger charge is -2.33. The van der Waals surface area contributed by atoms with E-state index in [4.69, 9.17) is 0 Å². The minimum Gasteiger partial charge on any atom is -0.356 e. The first kappa shape index (κ1) is 17.6. The Kier molecular flexibility index (Phi) is 4.83. The number of hydrogen-bond donors (Lipinski definition) is 0. The molecule has 1 aliphatic heterocycles. The van der Waals surface area contributed by atoms with Gasteiger partial charge in [-0.3, -0.25) is 9.97 Å². The van der Waals surface area contributed by atoms with Crippen molar-refractivity contribution < 1.29 is 0 Å². The molecule has 1 saturated heterocycles. The third-order valence-corrected chi connectivity index (χ3v) is 5.32. The number of nitrogens with zero attached hydrogens (tertiary/aromatic N) is 7. The summed E-state index contributed by atoms with van der Waals surface area (Å²) in [7, 11) is 2.02. The van der Waals surface area contributed by atoms with E-state index < -0.39 is 0 Å². The zero-order chi connectivity index (χ0) is 18.8. The average Bonchev–Trinajstić information content (AvgIpc) is 3.01. The van der Waals surface area contributed by atoms with Gasteiger partial charge >= 0.3 is 0 Å². The third-order valence-electron chi connectivity index (χ3n) is 5.32. The topological polar surface area (TPSA) is 72.6 Å². The maximum Gasteiger partial charge on any atom is 0.132 e. The minimum atomic E-state index is 0.527. The van der Waals surface area contributed by atoms with Crippen LogP contribution in [-0.4, -0.2) is 42.6 Å². The molecular formula is C20H25N7. The van der Waals surface area contributed by atoms with Gasteiger partial charge in [0.05, 0.1) is 17.6 Å². The van der Waals surface area contributed by atoms with Crippen LogP contribution in [0.5, 0.6) is 0 Å². The fourth-order valence-corrected chi connectivity index (χ4v) is 3.79. The summed E-state index contributed by atoms with van der Waals surface area (Å²) in [5.74, 6) is 3.34. The van der Waals surface area contributed by atoms with Crippen LogP contribution in [0.15, 0.2) is 30.9 Å². The minimum absolute atomic E-state index is 0.527. The lowest BCUT2D eigenvalue weighted by molar-refractivity contribution is 0.408. The molecule has 0 aliphatic carbocycles. The van der Waals surface area contributed by atoms with Gasteiger partial charge in [0.15, 0.2) is 0 Å². The van der Waals surface area contributed by atoms with E-state index in [-0.39, 0.29) is 0 Å². The van der Waals surface area contributed by atoms with Crippen molar-refractivity contribution in [3.63, 3.8) is 0 Å². The van der Waals surface area contributed by atoms with Gasteiger partial charge in [0.1, 0.15) is 23.2 Å². The Balaban J connectivity index is 1.55. The largest absolute Gasteiger partial charge is 0.356 e. The molecular weight excluding hydrogens is 338 g/mol. The molecule has 3 aromatic rings. The maximum absolute atomic E-state index is 4.66. The summed E-state index contributed by atoms with van der Waals surface area (Å²) in [5.41, 5.74) is 3.01.